The van der Waals surface area contributed by atoms with Gasteiger partial charge >= 0.3 is 0 Å². The Kier molecular flexibility index (Phi) is 3.92. The van der Waals surface area contributed by atoms with E-state index in [1.54, 1.807) is 12.3 Å². The Labute approximate surface area is 118 Å². The lowest BCUT2D eigenvalue weighted by Gasteiger charge is -2.08. The monoisotopic (exact) mass is 330 g/mol. The summed E-state index contributed by atoms with van der Waals surface area (Å²) < 4.78 is 0.807. The van der Waals surface area contributed by atoms with Gasteiger partial charge in [-0.2, -0.15) is 0 Å². The minimum atomic E-state index is 0.587. The lowest BCUT2D eigenvalue weighted by Crippen LogP contribution is -1.94. The Hall–Kier alpha value is -0.770. The quantitative estimate of drug-likeness (QED) is 0.817. The highest BCUT2D eigenvalue weighted by molar-refractivity contribution is 9.10. The number of hydrogen-bond donors (Lipinski definition) is 1. The summed E-state index contributed by atoms with van der Waals surface area (Å²) in [6.45, 7) is 1.96. The van der Waals surface area contributed by atoms with E-state index in [0.29, 0.717) is 10.8 Å². The lowest BCUT2D eigenvalue weighted by atomic mass is 10.2. The average molecular weight is 332 g/mol. The second kappa shape index (κ2) is 5.25. The summed E-state index contributed by atoms with van der Waals surface area (Å²) in [6.07, 6.45) is 1.59. The van der Waals surface area contributed by atoms with Gasteiger partial charge in [-0.3, -0.25) is 0 Å². The molecule has 0 saturated carbocycles. The van der Waals surface area contributed by atoms with E-state index in [4.69, 9.17) is 23.2 Å². The maximum absolute atomic E-state index is 6.05. The Balaban J connectivity index is 2.28. The molecule has 0 bridgehead atoms. The molecule has 2 aromatic rings. The molecule has 5 heteroatoms. The van der Waals surface area contributed by atoms with Crippen molar-refractivity contribution in [2.75, 3.05) is 5.32 Å². The molecule has 0 aliphatic rings. The molecule has 1 heterocycles. The van der Waals surface area contributed by atoms with E-state index in [-0.39, 0.29) is 0 Å². The number of nitrogens with zero attached hydrogens (tertiary/aromatic N) is 1. The Morgan fingerprint density at radius 1 is 1.24 bits per heavy atom. The topological polar surface area (TPSA) is 24.9 Å². The molecule has 1 aromatic carbocycles. The Morgan fingerprint density at radius 2 is 2.00 bits per heavy atom. The zero-order valence-corrected chi connectivity index (χ0v) is 12.1. The van der Waals surface area contributed by atoms with Crippen LogP contribution >= 0.6 is 39.1 Å². The van der Waals surface area contributed by atoms with Crippen LogP contribution in [0.25, 0.3) is 0 Å². The fraction of sp³-hybridized carbons (Fsp3) is 0.0833. The minimum absolute atomic E-state index is 0.587. The molecule has 0 unspecified atom stereocenters. The van der Waals surface area contributed by atoms with Gasteiger partial charge in [0.1, 0.15) is 5.82 Å². The van der Waals surface area contributed by atoms with Gasteiger partial charge in [-0.05, 0) is 46.6 Å². The van der Waals surface area contributed by atoms with Gasteiger partial charge in [-0.15, -0.1) is 0 Å². The number of nitrogens with one attached hydrogen (secondary N) is 1. The summed E-state index contributed by atoms with van der Waals surface area (Å²) in [7, 11) is 0. The zero-order valence-electron chi connectivity index (χ0n) is 8.97. The van der Waals surface area contributed by atoms with Crippen molar-refractivity contribution < 1.29 is 0 Å². The predicted octanol–water partition coefficient (Wildman–Crippen LogP) is 5.20. The summed E-state index contributed by atoms with van der Waals surface area (Å²) in [5.41, 5.74) is 1.93. The van der Waals surface area contributed by atoms with Crippen LogP contribution in [0.2, 0.25) is 10.0 Å². The largest absolute Gasteiger partial charge is 0.339 e. The van der Waals surface area contributed by atoms with Gasteiger partial charge in [0.2, 0.25) is 0 Å². The van der Waals surface area contributed by atoms with Crippen LogP contribution in [0.4, 0.5) is 11.5 Å². The summed E-state index contributed by atoms with van der Waals surface area (Å²) in [5, 5.41) is 4.48. The van der Waals surface area contributed by atoms with Gasteiger partial charge in [0.05, 0.1) is 9.50 Å². The van der Waals surface area contributed by atoms with E-state index in [9.17, 15) is 0 Å². The van der Waals surface area contributed by atoms with E-state index < -0.39 is 0 Å². The molecule has 17 heavy (non-hydrogen) atoms. The van der Waals surface area contributed by atoms with E-state index in [0.717, 1.165) is 20.7 Å². The van der Waals surface area contributed by atoms with Crippen LogP contribution in [0, 0.1) is 6.92 Å². The van der Waals surface area contributed by atoms with Crippen LogP contribution in [0.3, 0.4) is 0 Å². The van der Waals surface area contributed by atoms with Gasteiger partial charge in [0.25, 0.3) is 0 Å². The fourth-order valence-corrected chi connectivity index (χ4v) is 2.23. The van der Waals surface area contributed by atoms with Gasteiger partial charge in [-0.1, -0.05) is 29.3 Å². The van der Waals surface area contributed by atoms with E-state index >= 15 is 0 Å². The van der Waals surface area contributed by atoms with Crippen LogP contribution in [-0.4, -0.2) is 4.98 Å². The number of hydrogen-bond acceptors (Lipinski definition) is 2. The number of halogens is 3. The fourth-order valence-electron chi connectivity index (χ4n) is 1.31. The van der Waals surface area contributed by atoms with Gasteiger partial charge in [0.15, 0.2) is 0 Å². The first kappa shape index (κ1) is 12.7. The van der Waals surface area contributed by atoms with Crippen molar-refractivity contribution in [3.05, 3.63) is 50.5 Å². The second-order valence-electron chi connectivity index (χ2n) is 3.57. The van der Waals surface area contributed by atoms with Crippen molar-refractivity contribution in [1.82, 2.24) is 4.98 Å². The van der Waals surface area contributed by atoms with Gasteiger partial charge < -0.3 is 5.32 Å². The third-order valence-electron chi connectivity index (χ3n) is 2.24. The maximum Gasteiger partial charge on any atom is 0.144 e. The molecule has 0 saturated heterocycles. The number of aryl methyl sites for hydroxylation is 1. The number of aromatic nitrogens is 1. The average Bonchev–Trinajstić information content (AvgIpc) is 2.27. The standard InChI is InChI=1S/C12H9BrCl2N2/c1-7-2-3-9(5-11(7)15)17-12-10(13)4-8(14)6-16-12/h2-6H,1H3,(H,16,17). The van der Waals surface area contributed by atoms with Crippen molar-refractivity contribution in [1.29, 1.82) is 0 Å². The molecule has 0 atom stereocenters. The normalized spacial score (nSPS) is 10.4. The predicted molar refractivity (Wildman–Crippen MR) is 76.4 cm³/mol. The molecule has 0 radical (unpaired) electrons. The molecule has 2 nitrogen and oxygen atoms in total. The van der Waals surface area contributed by atoms with Crippen LogP contribution in [0.15, 0.2) is 34.9 Å². The molecule has 1 N–H and O–H groups in total. The summed E-state index contributed by atoms with van der Waals surface area (Å²) in [5.74, 6) is 0.703. The maximum atomic E-state index is 6.05. The second-order valence-corrected chi connectivity index (χ2v) is 5.27. The van der Waals surface area contributed by atoms with Crippen LogP contribution in [0.5, 0.6) is 0 Å². The highest BCUT2D eigenvalue weighted by Crippen LogP contribution is 2.28. The summed E-state index contributed by atoms with van der Waals surface area (Å²) in [6, 6.07) is 7.55. The van der Waals surface area contributed by atoms with Gasteiger partial charge in [0, 0.05) is 16.9 Å². The summed E-state index contributed by atoms with van der Waals surface area (Å²) in [4.78, 5) is 4.19. The minimum Gasteiger partial charge on any atom is -0.339 e. The Morgan fingerprint density at radius 3 is 2.65 bits per heavy atom. The molecular weight excluding hydrogens is 323 g/mol. The van der Waals surface area contributed by atoms with Crippen LogP contribution in [0.1, 0.15) is 5.56 Å². The van der Waals surface area contributed by atoms with Crippen LogP contribution in [-0.2, 0) is 0 Å². The number of benzene rings is 1. The number of rotatable bonds is 2. The van der Waals surface area contributed by atoms with Crippen molar-refractivity contribution >= 4 is 50.6 Å². The zero-order chi connectivity index (χ0) is 12.4. The molecule has 0 amide bonds. The molecule has 0 spiro atoms. The third-order valence-corrected chi connectivity index (χ3v) is 3.46. The SMILES string of the molecule is Cc1ccc(Nc2ncc(Cl)cc2Br)cc1Cl. The third kappa shape index (κ3) is 3.12. The molecule has 0 aliphatic carbocycles. The van der Waals surface area contributed by atoms with E-state index in [1.165, 1.54) is 0 Å². The van der Waals surface area contributed by atoms with Crippen LogP contribution < -0.4 is 5.32 Å². The molecular formula is C12H9BrCl2N2. The smallest absolute Gasteiger partial charge is 0.144 e. The Bertz CT molecular complexity index is 558. The first-order valence-electron chi connectivity index (χ1n) is 4.90. The number of pyridine rings is 1. The van der Waals surface area contributed by atoms with Crippen molar-refractivity contribution in [3.8, 4) is 0 Å². The van der Waals surface area contributed by atoms with Crippen molar-refractivity contribution in [3.63, 3.8) is 0 Å². The first-order valence-corrected chi connectivity index (χ1v) is 6.45. The molecule has 2 rings (SSSR count). The molecule has 0 fully saturated rings. The summed E-state index contributed by atoms with van der Waals surface area (Å²) >= 11 is 15.3. The van der Waals surface area contributed by atoms with E-state index in [2.05, 4.69) is 26.2 Å². The molecule has 1 aromatic heterocycles. The highest BCUT2D eigenvalue weighted by atomic mass is 79.9. The van der Waals surface area contributed by atoms with Crippen molar-refractivity contribution in [2.45, 2.75) is 6.92 Å². The first-order chi connectivity index (χ1) is 8.06. The van der Waals surface area contributed by atoms with E-state index in [1.807, 2.05) is 25.1 Å². The number of anilines is 2. The highest BCUT2D eigenvalue weighted by Gasteiger charge is 2.04. The van der Waals surface area contributed by atoms with Crippen molar-refractivity contribution in [2.24, 2.45) is 0 Å². The molecule has 0 aliphatic heterocycles. The van der Waals surface area contributed by atoms with Gasteiger partial charge in [-0.25, -0.2) is 4.98 Å². The molecule has 88 valence electrons. The lowest BCUT2D eigenvalue weighted by molar-refractivity contribution is 1.29.